The van der Waals surface area contributed by atoms with Crippen molar-refractivity contribution in [2.45, 2.75) is 58.5 Å². The smallest absolute Gasteiger partial charge is 0.268 e. The Morgan fingerprint density at radius 2 is 1.81 bits per heavy atom. The number of aryl methyl sites for hydroxylation is 1. The molecule has 0 fully saturated rings. The van der Waals surface area contributed by atoms with E-state index in [0.29, 0.717) is 6.42 Å². The molecule has 0 unspecified atom stereocenters. The van der Waals surface area contributed by atoms with E-state index in [1.54, 1.807) is 0 Å². The number of hydrogen-bond donors (Lipinski definition) is 0. The highest BCUT2D eigenvalue weighted by Gasteiger charge is 2.29. The van der Waals surface area contributed by atoms with Gasteiger partial charge in [0.2, 0.25) is 0 Å². The standard InChI is InChI=1S/C23H29NO2/c1-5-21(26-19-14-12-18(13-15-19)23(2,3)4)22(25)24-16-8-10-17-9-6-7-11-20(17)24/h6-7,9,11-15,21H,5,8,10,16H2,1-4H3/t21-/m1/s1. The van der Waals surface area contributed by atoms with E-state index in [0.717, 1.165) is 30.8 Å². The van der Waals surface area contributed by atoms with Crippen molar-refractivity contribution in [1.29, 1.82) is 0 Å². The number of benzene rings is 2. The molecular weight excluding hydrogens is 322 g/mol. The number of carbonyl (C=O) groups excluding carboxylic acids is 1. The summed E-state index contributed by atoms with van der Waals surface area (Å²) in [6.07, 6.45) is 2.23. The average Bonchev–Trinajstić information content (AvgIpc) is 2.64. The van der Waals surface area contributed by atoms with Gasteiger partial charge < -0.3 is 9.64 Å². The molecule has 0 saturated carbocycles. The molecule has 26 heavy (non-hydrogen) atoms. The Morgan fingerprint density at radius 1 is 1.12 bits per heavy atom. The van der Waals surface area contributed by atoms with Gasteiger partial charge in [-0.05, 0) is 54.0 Å². The van der Waals surface area contributed by atoms with Crippen LogP contribution in [0.4, 0.5) is 5.69 Å². The average molecular weight is 351 g/mol. The quantitative estimate of drug-likeness (QED) is 0.765. The van der Waals surface area contributed by atoms with E-state index in [-0.39, 0.29) is 11.3 Å². The van der Waals surface area contributed by atoms with Crippen LogP contribution in [0.1, 0.15) is 51.7 Å². The lowest BCUT2D eigenvalue weighted by Gasteiger charge is -2.32. The summed E-state index contributed by atoms with van der Waals surface area (Å²) in [5.41, 5.74) is 3.65. The van der Waals surface area contributed by atoms with E-state index >= 15 is 0 Å². The van der Waals surface area contributed by atoms with Gasteiger partial charge in [0.15, 0.2) is 6.10 Å². The molecular formula is C23H29NO2. The zero-order chi connectivity index (χ0) is 18.7. The van der Waals surface area contributed by atoms with Crippen LogP contribution in [0.25, 0.3) is 0 Å². The second-order valence-electron chi connectivity index (χ2n) is 8.01. The summed E-state index contributed by atoms with van der Waals surface area (Å²) in [5, 5.41) is 0. The summed E-state index contributed by atoms with van der Waals surface area (Å²) in [6.45, 7) is 9.33. The van der Waals surface area contributed by atoms with Gasteiger partial charge >= 0.3 is 0 Å². The first-order valence-corrected chi connectivity index (χ1v) is 9.56. The lowest BCUT2D eigenvalue weighted by Crippen LogP contribution is -2.44. The number of rotatable bonds is 4. The van der Waals surface area contributed by atoms with E-state index in [2.05, 4.69) is 39.0 Å². The number of carbonyl (C=O) groups is 1. The maximum atomic E-state index is 13.1. The predicted octanol–water partition coefficient (Wildman–Crippen LogP) is 5.12. The van der Waals surface area contributed by atoms with Crippen molar-refractivity contribution in [3.05, 3.63) is 59.7 Å². The molecule has 1 amide bonds. The lowest BCUT2D eigenvalue weighted by atomic mass is 9.87. The molecule has 0 aliphatic carbocycles. The molecule has 0 spiro atoms. The zero-order valence-electron chi connectivity index (χ0n) is 16.3. The minimum Gasteiger partial charge on any atom is -0.481 e. The molecule has 3 heteroatoms. The highest BCUT2D eigenvalue weighted by molar-refractivity contribution is 5.97. The van der Waals surface area contributed by atoms with Crippen molar-refractivity contribution in [3.63, 3.8) is 0 Å². The van der Waals surface area contributed by atoms with Gasteiger partial charge in [-0.3, -0.25) is 4.79 Å². The SMILES string of the molecule is CC[C@@H](Oc1ccc(C(C)(C)C)cc1)C(=O)N1CCCc2ccccc21. The fourth-order valence-corrected chi connectivity index (χ4v) is 3.44. The first kappa shape index (κ1) is 18.5. The van der Waals surface area contributed by atoms with Crippen molar-refractivity contribution in [2.75, 3.05) is 11.4 Å². The molecule has 138 valence electrons. The number of hydrogen-bond acceptors (Lipinski definition) is 2. The minimum absolute atomic E-state index is 0.0551. The monoisotopic (exact) mass is 351 g/mol. The maximum absolute atomic E-state index is 13.1. The van der Waals surface area contributed by atoms with Crippen molar-refractivity contribution in [2.24, 2.45) is 0 Å². The molecule has 1 heterocycles. The summed E-state index contributed by atoms with van der Waals surface area (Å²) in [5.74, 6) is 0.808. The number of fused-ring (bicyclic) bond motifs is 1. The molecule has 0 aromatic heterocycles. The van der Waals surface area contributed by atoms with Crippen LogP contribution in [0.2, 0.25) is 0 Å². The Bertz CT molecular complexity index is 759. The van der Waals surface area contributed by atoms with Crippen LogP contribution in [0.5, 0.6) is 5.75 Å². The Morgan fingerprint density at radius 3 is 2.46 bits per heavy atom. The molecule has 1 aliphatic heterocycles. The predicted molar refractivity (Wildman–Crippen MR) is 107 cm³/mol. The topological polar surface area (TPSA) is 29.5 Å². The van der Waals surface area contributed by atoms with Gasteiger partial charge in [0.05, 0.1) is 0 Å². The lowest BCUT2D eigenvalue weighted by molar-refractivity contribution is -0.125. The number of nitrogens with zero attached hydrogens (tertiary/aromatic N) is 1. The van der Waals surface area contributed by atoms with E-state index in [1.165, 1.54) is 11.1 Å². The summed E-state index contributed by atoms with van der Waals surface area (Å²) in [4.78, 5) is 15.0. The molecule has 0 N–H and O–H groups in total. The first-order chi connectivity index (χ1) is 12.4. The van der Waals surface area contributed by atoms with Gasteiger partial charge in [0.25, 0.3) is 5.91 Å². The molecule has 1 atom stereocenters. The normalized spacial score (nSPS) is 15.3. The second-order valence-corrected chi connectivity index (χ2v) is 8.01. The largest absolute Gasteiger partial charge is 0.481 e. The Kier molecular flexibility index (Phi) is 5.36. The number of amides is 1. The number of ether oxygens (including phenoxy) is 1. The van der Waals surface area contributed by atoms with Crippen molar-refractivity contribution >= 4 is 11.6 Å². The Hall–Kier alpha value is -2.29. The van der Waals surface area contributed by atoms with Crippen LogP contribution >= 0.6 is 0 Å². The maximum Gasteiger partial charge on any atom is 0.268 e. The Balaban J connectivity index is 1.76. The van der Waals surface area contributed by atoms with E-state index in [4.69, 9.17) is 4.74 Å². The minimum atomic E-state index is -0.457. The molecule has 0 radical (unpaired) electrons. The third-order valence-electron chi connectivity index (χ3n) is 5.02. The van der Waals surface area contributed by atoms with Crippen LogP contribution in [-0.4, -0.2) is 18.6 Å². The molecule has 3 rings (SSSR count). The van der Waals surface area contributed by atoms with E-state index in [9.17, 15) is 4.79 Å². The van der Waals surface area contributed by atoms with E-state index in [1.807, 2.05) is 42.2 Å². The fraction of sp³-hybridized carbons (Fsp3) is 0.435. The number of anilines is 1. The summed E-state index contributed by atoms with van der Waals surface area (Å²) in [7, 11) is 0. The molecule has 0 saturated heterocycles. The van der Waals surface area contributed by atoms with Crippen molar-refractivity contribution in [1.82, 2.24) is 0 Å². The van der Waals surface area contributed by atoms with Gasteiger partial charge in [-0.1, -0.05) is 58.0 Å². The molecule has 2 aromatic rings. The third-order valence-corrected chi connectivity index (χ3v) is 5.02. The van der Waals surface area contributed by atoms with E-state index < -0.39 is 6.10 Å². The molecule has 0 bridgehead atoms. The van der Waals surface area contributed by atoms with Gasteiger partial charge in [-0.25, -0.2) is 0 Å². The summed E-state index contributed by atoms with van der Waals surface area (Å²) < 4.78 is 6.07. The van der Waals surface area contributed by atoms with Crippen LogP contribution in [0, 0.1) is 0 Å². The molecule has 1 aliphatic rings. The van der Waals surface area contributed by atoms with Crippen molar-refractivity contribution in [3.8, 4) is 5.75 Å². The summed E-state index contributed by atoms with van der Waals surface area (Å²) >= 11 is 0. The molecule has 3 nitrogen and oxygen atoms in total. The van der Waals surface area contributed by atoms with Crippen LogP contribution in [0.3, 0.4) is 0 Å². The molecule has 2 aromatic carbocycles. The van der Waals surface area contributed by atoms with Gasteiger partial charge in [0, 0.05) is 12.2 Å². The highest BCUT2D eigenvalue weighted by atomic mass is 16.5. The van der Waals surface area contributed by atoms with Crippen molar-refractivity contribution < 1.29 is 9.53 Å². The van der Waals surface area contributed by atoms with Crippen LogP contribution < -0.4 is 9.64 Å². The summed E-state index contributed by atoms with van der Waals surface area (Å²) in [6, 6.07) is 16.3. The number of para-hydroxylation sites is 1. The third kappa shape index (κ3) is 3.92. The highest BCUT2D eigenvalue weighted by Crippen LogP contribution is 2.29. The van der Waals surface area contributed by atoms with Crippen LogP contribution in [-0.2, 0) is 16.6 Å². The van der Waals surface area contributed by atoms with Crippen LogP contribution in [0.15, 0.2) is 48.5 Å². The Labute approximate surface area is 157 Å². The fourth-order valence-electron chi connectivity index (χ4n) is 3.44. The zero-order valence-corrected chi connectivity index (χ0v) is 16.3. The van der Waals surface area contributed by atoms with Gasteiger partial charge in [0.1, 0.15) is 5.75 Å². The van der Waals surface area contributed by atoms with Gasteiger partial charge in [-0.2, -0.15) is 0 Å². The van der Waals surface area contributed by atoms with Gasteiger partial charge in [-0.15, -0.1) is 0 Å². The second kappa shape index (κ2) is 7.53. The first-order valence-electron chi connectivity index (χ1n) is 9.56.